The van der Waals surface area contributed by atoms with Crippen molar-refractivity contribution in [2.24, 2.45) is 0 Å². The van der Waals surface area contributed by atoms with Gasteiger partial charge in [0, 0.05) is 18.5 Å². The largest absolute Gasteiger partial charge is 0.354 e. The van der Waals surface area contributed by atoms with Gasteiger partial charge in [-0.3, -0.25) is 9.10 Å². The van der Waals surface area contributed by atoms with Crippen LogP contribution in [0.25, 0.3) is 0 Å². The van der Waals surface area contributed by atoms with Gasteiger partial charge < -0.3 is 5.32 Å². The number of hydrogen-bond acceptors (Lipinski definition) is 4. The molecule has 2 aromatic rings. The van der Waals surface area contributed by atoms with Gasteiger partial charge in [0.15, 0.2) is 0 Å². The molecule has 0 bridgehead atoms. The molecule has 1 N–H and O–H groups in total. The summed E-state index contributed by atoms with van der Waals surface area (Å²) in [4.78, 5) is 12.2. The molecular formula is C15H16N2O3S2. The van der Waals surface area contributed by atoms with Crippen molar-refractivity contribution < 1.29 is 13.2 Å². The number of amides is 1. The second-order valence-electron chi connectivity index (χ2n) is 5.21. The van der Waals surface area contributed by atoms with E-state index in [0.717, 1.165) is 22.6 Å². The highest BCUT2D eigenvalue weighted by atomic mass is 32.2. The Labute approximate surface area is 133 Å². The predicted octanol–water partition coefficient (Wildman–Crippen LogP) is 2.25. The molecule has 1 aromatic heterocycles. The number of carbonyl (C=O) groups is 1. The quantitative estimate of drug-likeness (QED) is 0.935. The van der Waals surface area contributed by atoms with E-state index in [1.54, 1.807) is 0 Å². The third-order valence-electron chi connectivity index (χ3n) is 3.73. The Morgan fingerprint density at radius 1 is 1.36 bits per heavy atom. The fraction of sp³-hybridized carbons (Fsp3) is 0.267. The number of fused-ring (bicyclic) bond motifs is 1. The number of hydrogen-bond donors (Lipinski definition) is 1. The van der Waals surface area contributed by atoms with Gasteiger partial charge in [0.25, 0.3) is 15.9 Å². The van der Waals surface area contributed by atoms with Crippen LogP contribution in [0.1, 0.15) is 22.2 Å². The number of anilines is 1. The van der Waals surface area contributed by atoms with Crippen LogP contribution in [0.4, 0.5) is 5.69 Å². The van der Waals surface area contributed by atoms with E-state index in [-0.39, 0.29) is 16.8 Å². The number of sulfonamides is 1. The maximum atomic E-state index is 12.9. The number of rotatable bonds is 3. The van der Waals surface area contributed by atoms with E-state index in [1.165, 1.54) is 22.8 Å². The van der Waals surface area contributed by atoms with E-state index >= 15 is 0 Å². The molecule has 0 saturated heterocycles. The Balaban J connectivity index is 2.03. The topological polar surface area (TPSA) is 66.5 Å². The van der Waals surface area contributed by atoms with Crippen molar-refractivity contribution in [3.63, 3.8) is 0 Å². The summed E-state index contributed by atoms with van der Waals surface area (Å²) in [7, 11) is -2.14. The molecular weight excluding hydrogens is 320 g/mol. The van der Waals surface area contributed by atoms with Crippen molar-refractivity contribution in [1.29, 1.82) is 0 Å². The monoisotopic (exact) mass is 336 g/mol. The molecule has 1 aliphatic rings. The average Bonchev–Trinajstić information content (AvgIpc) is 3.10. The van der Waals surface area contributed by atoms with Gasteiger partial charge in [0.05, 0.1) is 15.5 Å². The van der Waals surface area contributed by atoms with E-state index in [0.29, 0.717) is 11.3 Å². The van der Waals surface area contributed by atoms with Crippen LogP contribution in [0.2, 0.25) is 0 Å². The molecule has 22 heavy (non-hydrogen) atoms. The zero-order valence-electron chi connectivity index (χ0n) is 12.2. The normalized spacial score (nSPS) is 17.4. The zero-order valence-corrected chi connectivity index (χ0v) is 13.9. The summed E-state index contributed by atoms with van der Waals surface area (Å²) in [5.41, 5.74) is 1.75. The summed E-state index contributed by atoms with van der Waals surface area (Å²) in [6.45, 7) is 1.89. The van der Waals surface area contributed by atoms with Gasteiger partial charge in [-0.15, -0.1) is 11.3 Å². The van der Waals surface area contributed by atoms with E-state index in [9.17, 15) is 13.2 Å². The van der Waals surface area contributed by atoms with Crippen LogP contribution in [0, 0.1) is 0 Å². The standard InChI is InChI=1S/C15H16N2O3S2/c1-10-7-11-5-3-4-6-13(11)17(10)22(19,20)12-8-14(21-9-12)15(18)16-2/h3-6,8-10H,7H2,1-2H3,(H,16,18). The minimum atomic E-state index is -3.66. The van der Waals surface area contributed by atoms with Gasteiger partial charge >= 0.3 is 0 Å². The Kier molecular flexibility index (Phi) is 3.70. The van der Waals surface area contributed by atoms with Crippen LogP contribution in [0.5, 0.6) is 0 Å². The lowest BCUT2D eigenvalue weighted by Gasteiger charge is -2.23. The number of nitrogens with one attached hydrogen (secondary N) is 1. The molecule has 1 aromatic carbocycles. The fourth-order valence-corrected chi connectivity index (χ4v) is 5.61. The van der Waals surface area contributed by atoms with Crippen molar-refractivity contribution in [2.75, 3.05) is 11.4 Å². The van der Waals surface area contributed by atoms with Crippen molar-refractivity contribution in [3.05, 3.63) is 46.2 Å². The molecule has 0 radical (unpaired) electrons. The van der Waals surface area contributed by atoms with E-state index < -0.39 is 10.0 Å². The molecule has 1 amide bonds. The summed E-state index contributed by atoms with van der Waals surface area (Å²) in [5, 5.41) is 4.02. The van der Waals surface area contributed by atoms with Gasteiger partial charge in [0.2, 0.25) is 0 Å². The van der Waals surface area contributed by atoms with Crippen LogP contribution >= 0.6 is 11.3 Å². The molecule has 3 rings (SSSR count). The van der Waals surface area contributed by atoms with Gasteiger partial charge in [-0.2, -0.15) is 0 Å². The van der Waals surface area contributed by atoms with Crippen molar-refractivity contribution in [2.45, 2.75) is 24.3 Å². The Hall–Kier alpha value is -1.86. The minimum Gasteiger partial charge on any atom is -0.354 e. The predicted molar refractivity (Wildman–Crippen MR) is 87.0 cm³/mol. The Bertz CT molecular complexity index is 827. The lowest BCUT2D eigenvalue weighted by Crippen LogP contribution is -2.35. The fourth-order valence-electron chi connectivity index (χ4n) is 2.71. The molecule has 1 aliphatic heterocycles. The summed E-state index contributed by atoms with van der Waals surface area (Å²) >= 11 is 1.13. The second-order valence-corrected chi connectivity index (χ2v) is 7.93. The first-order chi connectivity index (χ1) is 10.4. The summed E-state index contributed by atoms with van der Waals surface area (Å²) in [6.07, 6.45) is 0.696. The van der Waals surface area contributed by atoms with E-state index in [4.69, 9.17) is 0 Å². The smallest absolute Gasteiger partial charge is 0.265 e. The van der Waals surface area contributed by atoms with Crippen LogP contribution in [-0.2, 0) is 16.4 Å². The molecule has 0 saturated carbocycles. The van der Waals surface area contributed by atoms with Gasteiger partial charge in [0.1, 0.15) is 0 Å². The highest BCUT2D eigenvalue weighted by Gasteiger charge is 2.36. The maximum absolute atomic E-state index is 12.9. The summed E-state index contributed by atoms with van der Waals surface area (Å²) < 4.78 is 27.3. The molecule has 5 nitrogen and oxygen atoms in total. The minimum absolute atomic E-state index is 0.134. The SMILES string of the molecule is CNC(=O)c1cc(S(=O)(=O)N2c3ccccc3CC2C)cs1. The number of carbonyl (C=O) groups excluding carboxylic acids is 1. The number of benzene rings is 1. The zero-order chi connectivity index (χ0) is 15.9. The van der Waals surface area contributed by atoms with Crippen molar-refractivity contribution in [1.82, 2.24) is 5.32 Å². The molecule has 7 heteroatoms. The van der Waals surface area contributed by atoms with Crippen LogP contribution in [-0.4, -0.2) is 27.4 Å². The average molecular weight is 336 g/mol. The molecule has 0 spiro atoms. The van der Waals surface area contributed by atoms with Gasteiger partial charge in [-0.1, -0.05) is 18.2 Å². The number of thiophene rings is 1. The van der Waals surface area contributed by atoms with E-state index in [2.05, 4.69) is 5.32 Å². The molecule has 2 heterocycles. The molecule has 1 unspecified atom stereocenters. The summed E-state index contributed by atoms with van der Waals surface area (Å²) in [6, 6.07) is 8.82. The molecule has 0 aliphatic carbocycles. The lowest BCUT2D eigenvalue weighted by atomic mass is 10.1. The highest BCUT2D eigenvalue weighted by Crippen LogP contribution is 2.37. The maximum Gasteiger partial charge on any atom is 0.265 e. The second kappa shape index (κ2) is 5.40. The van der Waals surface area contributed by atoms with Crippen molar-refractivity contribution in [3.8, 4) is 0 Å². The first-order valence-corrected chi connectivity index (χ1v) is 9.20. The number of nitrogens with zero attached hydrogens (tertiary/aromatic N) is 1. The first-order valence-electron chi connectivity index (χ1n) is 6.88. The summed E-state index contributed by atoms with van der Waals surface area (Å²) in [5.74, 6) is -0.277. The first kappa shape index (κ1) is 15.1. The van der Waals surface area contributed by atoms with Crippen LogP contribution in [0.15, 0.2) is 40.6 Å². The lowest BCUT2D eigenvalue weighted by molar-refractivity contribution is 0.0967. The van der Waals surface area contributed by atoms with Gasteiger partial charge in [-0.05, 0) is 31.0 Å². The highest BCUT2D eigenvalue weighted by molar-refractivity contribution is 7.93. The Morgan fingerprint density at radius 3 is 2.82 bits per heavy atom. The third kappa shape index (κ3) is 2.30. The van der Waals surface area contributed by atoms with Crippen LogP contribution < -0.4 is 9.62 Å². The van der Waals surface area contributed by atoms with Crippen LogP contribution in [0.3, 0.4) is 0 Å². The third-order valence-corrected chi connectivity index (χ3v) is 6.71. The number of para-hydroxylation sites is 1. The molecule has 116 valence electrons. The molecule has 1 atom stereocenters. The van der Waals surface area contributed by atoms with Gasteiger partial charge in [-0.25, -0.2) is 8.42 Å². The molecule has 0 fully saturated rings. The van der Waals surface area contributed by atoms with Crippen molar-refractivity contribution >= 4 is 33.0 Å². The Morgan fingerprint density at radius 2 is 2.09 bits per heavy atom. The van der Waals surface area contributed by atoms with E-state index in [1.807, 2.05) is 31.2 Å².